The number of nitrogens with one attached hydrogen (secondary N) is 1. The molecule has 0 spiro atoms. The third-order valence-corrected chi connectivity index (χ3v) is 5.10. The van der Waals surface area contributed by atoms with E-state index in [1.807, 2.05) is 12.1 Å². The zero-order valence-electron chi connectivity index (χ0n) is 13.2. The molecule has 0 radical (unpaired) electrons. The molecule has 2 atom stereocenters. The van der Waals surface area contributed by atoms with E-state index in [9.17, 15) is 4.39 Å². The Morgan fingerprint density at radius 3 is 2.81 bits per heavy atom. The van der Waals surface area contributed by atoms with Crippen LogP contribution in [-0.2, 0) is 6.54 Å². The van der Waals surface area contributed by atoms with Crippen LogP contribution < -0.4 is 10.1 Å². The Morgan fingerprint density at radius 1 is 1.43 bits per heavy atom. The van der Waals surface area contributed by atoms with Gasteiger partial charge in [0.05, 0.1) is 7.11 Å². The highest BCUT2D eigenvalue weighted by atomic mass is 19.1. The summed E-state index contributed by atoms with van der Waals surface area (Å²) in [5.41, 5.74) is 0.913. The van der Waals surface area contributed by atoms with Crippen LogP contribution in [0.15, 0.2) is 18.2 Å². The van der Waals surface area contributed by atoms with Crippen molar-refractivity contribution in [3.63, 3.8) is 0 Å². The molecule has 4 heteroatoms. The minimum atomic E-state index is -0.168. The Kier molecular flexibility index (Phi) is 3.93. The number of nitrogens with zero attached hydrogens (tertiary/aromatic N) is 1. The predicted molar refractivity (Wildman–Crippen MR) is 82.0 cm³/mol. The van der Waals surface area contributed by atoms with E-state index in [-0.39, 0.29) is 11.4 Å². The molecule has 2 unspecified atom stereocenters. The molecule has 0 amide bonds. The van der Waals surface area contributed by atoms with E-state index >= 15 is 0 Å². The molecular weight excluding hydrogens is 267 g/mol. The van der Waals surface area contributed by atoms with Crippen LogP contribution in [-0.4, -0.2) is 36.7 Å². The summed E-state index contributed by atoms with van der Waals surface area (Å²) >= 11 is 0. The minimum absolute atomic E-state index is 0.152. The monoisotopic (exact) mass is 292 g/mol. The van der Waals surface area contributed by atoms with Gasteiger partial charge < -0.3 is 10.1 Å². The Balaban J connectivity index is 1.80. The molecule has 116 valence electrons. The molecule has 1 heterocycles. The van der Waals surface area contributed by atoms with Crippen LogP contribution in [0.25, 0.3) is 0 Å². The molecule has 3 rings (SSSR count). The van der Waals surface area contributed by atoms with Crippen molar-refractivity contribution < 1.29 is 9.13 Å². The molecule has 1 saturated carbocycles. The fraction of sp³-hybridized carbons (Fsp3) is 0.647. The maximum absolute atomic E-state index is 14.2. The van der Waals surface area contributed by atoms with Crippen LogP contribution in [0.4, 0.5) is 4.39 Å². The SMILES string of the molecule is COc1ccc(CN2CC(C)NCC2(C)C2CC2)c(F)c1. The summed E-state index contributed by atoms with van der Waals surface area (Å²) < 4.78 is 19.3. The van der Waals surface area contributed by atoms with Crippen molar-refractivity contribution in [1.29, 1.82) is 0 Å². The summed E-state index contributed by atoms with van der Waals surface area (Å²) in [5, 5.41) is 3.59. The molecule has 0 bridgehead atoms. The number of benzene rings is 1. The van der Waals surface area contributed by atoms with Crippen molar-refractivity contribution in [1.82, 2.24) is 10.2 Å². The topological polar surface area (TPSA) is 24.5 Å². The second-order valence-electron chi connectivity index (χ2n) is 6.75. The van der Waals surface area contributed by atoms with Crippen molar-refractivity contribution in [3.8, 4) is 5.75 Å². The normalized spacial score (nSPS) is 30.4. The number of hydrogen-bond donors (Lipinski definition) is 1. The van der Waals surface area contributed by atoms with Crippen LogP contribution in [0.5, 0.6) is 5.75 Å². The van der Waals surface area contributed by atoms with Gasteiger partial charge in [-0.1, -0.05) is 6.07 Å². The maximum Gasteiger partial charge on any atom is 0.131 e. The third-order valence-electron chi connectivity index (χ3n) is 5.10. The van der Waals surface area contributed by atoms with Gasteiger partial charge in [-0.25, -0.2) is 4.39 Å². The quantitative estimate of drug-likeness (QED) is 0.923. The molecule has 1 aromatic carbocycles. The van der Waals surface area contributed by atoms with Crippen molar-refractivity contribution >= 4 is 0 Å². The average Bonchev–Trinajstić information content (AvgIpc) is 3.30. The molecule has 1 aromatic rings. The van der Waals surface area contributed by atoms with Gasteiger partial charge in [0, 0.05) is 42.8 Å². The smallest absolute Gasteiger partial charge is 0.131 e. The molecule has 21 heavy (non-hydrogen) atoms. The molecule has 0 aromatic heterocycles. The molecule has 1 aliphatic carbocycles. The van der Waals surface area contributed by atoms with Crippen LogP contribution >= 0.6 is 0 Å². The van der Waals surface area contributed by atoms with Crippen molar-refractivity contribution in [3.05, 3.63) is 29.6 Å². The van der Waals surface area contributed by atoms with E-state index in [1.54, 1.807) is 7.11 Å². The van der Waals surface area contributed by atoms with Crippen molar-refractivity contribution in [2.24, 2.45) is 5.92 Å². The van der Waals surface area contributed by atoms with Gasteiger partial charge in [0.15, 0.2) is 0 Å². The van der Waals surface area contributed by atoms with Gasteiger partial charge in [-0.3, -0.25) is 4.90 Å². The van der Waals surface area contributed by atoms with Gasteiger partial charge >= 0.3 is 0 Å². The van der Waals surface area contributed by atoms with Crippen LogP contribution in [0.2, 0.25) is 0 Å². The van der Waals surface area contributed by atoms with Gasteiger partial charge in [0.1, 0.15) is 11.6 Å². The lowest BCUT2D eigenvalue weighted by atomic mass is 9.89. The van der Waals surface area contributed by atoms with E-state index in [0.29, 0.717) is 18.3 Å². The third kappa shape index (κ3) is 2.92. The Labute approximate surface area is 126 Å². The van der Waals surface area contributed by atoms with Crippen molar-refractivity contribution in [2.45, 2.75) is 44.8 Å². The first-order chi connectivity index (χ1) is 10.0. The predicted octanol–water partition coefficient (Wildman–Crippen LogP) is 2.80. The van der Waals surface area contributed by atoms with E-state index in [0.717, 1.165) is 24.6 Å². The standard InChI is InChI=1S/C17H25FN2O/c1-12-9-20(17(2,11-19-12)14-5-6-14)10-13-4-7-15(21-3)8-16(13)18/h4,7-8,12,14,19H,5-6,9-11H2,1-3H3. The largest absolute Gasteiger partial charge is 0.497 e. The van der Waals surface area contributed by atoms with Crippen molar-refractivity contribution in [2.75, 3.05) is 20.2 Å². The first-order valence-corrected chi connectivity index (χ1v) is 7.84. The fourth-order valence-corrected chi connectivity index (χ4v) is 3.44. The molecular formula is C17H25FN2O. The highest BCUT2D eigenvalue weighted by Gasteiger charge is 2.47. The zero-order chi connectivity index (χ0) is 15.0. The summed E-state index contributed by atoms with van der Waals surface area (Å²) in [7, 11) is 1.57. The number of piperazine rings is 1. The van der Waals surface area contributed by atoms with E-state index in [2.05, 4.69) is 24.1 Å². The first-order valence-electron chi connectivity index (χ1n) is 7.84. The highest BCUT2D eigenvalue weighted by molar-refractivity contribution is 5.29. The number of ether oxygens (including phenoxy) is 1. The average molecular weight is 292 g/mol. The number of hydrogen-bond acceptors (Lipinski definition) is 3. The summed E-state index contributed by atoms with van der Waals surface area (Å²) in [5.74, 6) is 1.16. The lowest BCUT2D eigenvalue weighted by Gasteiger charge is -2.48. The van der Waals surface area contributed by atoms with Crippen LogP contribution in [0.1, 0.15) is 32.3 Å². The Morgan fingerprint density at radius 2 is 2.19 bits per heavy atom. The second-order valence-corrected chi connectivity index (χ2v) is 6.75. The van der Waals surface area contributed by atoms with E-state index in [1.165, 1.54) is 18.9 Å². The molecule has 2 fully saturated rings. The summed E-state index contributed by atoms with van der Waals surface area (Å²) in [6.45, 7) is 7.17. The van der Waals surface area contributed by atoms with Gasteiger partial charge in [-0.2, -0.15) is 0 Å². The molecule has 3 nitrogen and oxygen atoms in total. The van der Waals surface area contributed by atoms with Gasteiger partial charge in [0.2, 0.25) is 0 Å². The Bertz CT molecular complexity index is 518. The van der Waals surface area contributed by atoms with Crippen LogP contribution in [0, 0.1) is 11.7 Å². The first kappa shape index (κ1) is 14.8. The summed E-state index contributed by atoms with van der Waals surface area (Å²) in [6.07, 6.45) is 2.60. The molecule has 1 saturated heterocycles. The lowest BCUT2D eigenvalue weighted by molar-refractivity contribution is 0.0303. The minimum Gasteiger partial charge on any atom is -0.497 e. The fourth-order valence-electron chi connectivity index (χ4n) is 3.44. The van der Waals surface area contributed by atoms with E-state index in [4.69, 9.17) is 4.74 Å². The molecule has 1 N–H and O–H groups in total. The molecule has 1 aliphatic heterocycles. The highest BCUT2D eigenvalue weighted by Crippen LogP contribution is 2.44. The maximum atomic E-state index is 14.2. The number of methoxy groups -OCH3 is 1. The van der Waals surface area contributed by atoms with Gasteiger partial charge in [-0.15, -0.1) is 0 Å². The molecule has 2 aliphatic rings. The summed E-state index contributed by atoms with van der Waals surface area (Å²) in [6, 6.07) is 5.64. The van der Waals surface area contributed by atoms with Gasteiger partial charge in [-0.05, 0) is 38.7 Å². The van der Waals surface area contributed by atoms with Gasteiger partial charge in [0.25, 0.3) is 0 Å². The number of halogens is 1. The number of rotatable bonds is 4. The lowest BCUT2D eigenvalue weighted by Crippen LogP contribution is -2.63. The summed E-state index contributed by atoms with van der Waals surface area (Å²) in [4.78, 5) is 2.47. The van der Waals surface area contributed by atoms with Crippen LogP contribution in [0.3, 0.4) is 0 Å². The Hall–Kier alpha value is -1.13. The van der Waals surface area contributed by atoms with E-state index < -0.39 is 0 Å². The second kappa shape index (κ2) is 5.58. The zero-order valence-corrected chi connectivity index (χ0v) is 13.2.